The first-order valence-corrected chi connectivity index (χ1v) is 38.6. The summed E-state index contributed by atoms with van der Waals surface area (Å²) in [5, 5.41) is 58.1. The average molecular weight is 1610 g/mol. The smallest absolute Gasteiger partial charge is 0.305 e. The van der Waals surface area contributed by atoms with Crippen LogP contribution in [-0.4, -0.2) is 278 Å². The van der Waals surface area contributed by atoms with Crippen molar-refractivity contribution < 1.29 is 96.5 Å². The van der Waals surface area contributed by atoms with Crippen molar-refractivity contribution in [1.29, 1.82) is 0 Å². The summed E-state index contributed by atoms with van der Waals surface area (Å²) in [5.41, 5.74) is 33.9. The van der Waals surface area contributed by atoms with E-state index in [1.165, 1.54) is 36.0 Å². The Balaban J connectivity index is 2.18. The molecule has 1 aromatic carbocycles. The molecule has 0 aromatic heterocycles. The van der Waals surface area contributed by atoms with Crippen LogP contribution in [0.15, 0.2) is 24.3 Å². The first-order chi connectivity index (χ1) is 52.5. The summed E-state index contributed by atoms with van der Waals surface area (Å²) >= 11 is 6.06. The number of aliphatic carboxylic acids is 1. The summed E-state index contributed by atoms with van der Waals surface area (Å²) < 4.78 is 0. The van der Waals surface area contributed by atoms with Gasteiger partial charge in [0.05, 0.1) is 58.0 Å². The lowest BCUT2D eigenvalue weighted by Gasteiger charge is -2.25. The minimum absolute atomic E-state index is 0.00108. The van der Waals surface area contributed by atoms with Gasteiger partial charge in [0.1, 0.15) is 60.1 Å². The maximum Gasteiger partial charge on any atom is 0.305 e. The molecule has 1 aromatic rings. The van der Waals surface area contributed by atoms with Gasteiger partial charge in [0.15, 0.2) is 0 Å². The quantitative estimate of drug-likeness (QED) is 0.0213. The molecule has 1 heterocycles. The van der Waals surface area contributed by atoms with Crippen LogP contribution in [0, 0.1) is 0 Å². The van der Waals surface area contributed by atoms with Gasteiger partial charge < -0.3 is 130 Å². The van der Waals surface area contributed by atoms with Gasteiger partial charge in [-0.3, -0.25) is 86.3 Å². The number of carbonyl (C=O) groups is 18. The number of carboxylic acids is 1. The van der Waals surface area contributed by atoms with E-state index in [2.05, 4.69) is 97.7 Å². The SMILES string of the molecule is NCCCC[C@H](NC(=O)CNC(=O)CNC(=O)[C@H]1CSCC(=O)N[C@@H](Cc2ccc(O)cc2)C(=O)N[C@H](CSCCCN)C(=O)NCC(=O)N[C@H](CC(=O)O)C(=O)N1)C(=O)NCC(=O)N[C@@H](CCCCN)C(=O)NCC(=O)N[C@@H](CCCCN)C(=O)N[C@@H](CCCCN)C(=O)NCC(=O)N[C@@H](CS)C(=O)NCC(N)=O. The Bertz CT molecular complexity index is 3240. The van der Waals surface area contributed by atoms with Crippen molar-refractivity contribution in [3.05, 3.63) is 29.8 Å². The molecule has 616 valence electrons. The van der Waals surface area contributed by atoms with Crippen LogP contribution in [0.5, 0.6) is 5.75 Å². The van der Waals surface area contributed by atoms with E-state index in [1.54, 1.807) is 0 Å². The number of nitrogens with two attached hydrogens (primary N) is 6. The minimum atomic E-state index is -1.85. The lowest BCUT2D eigenvalue weighted by atomic mass is 10.0. The van der Waals surface area contributed by atoms with Crippen LogP contribution < -0.4 is 119 Å². The third-order valence-electron chi connectivity index (χ3n) is 15.8. The number of carbonyl (C=O) groups excluding carboxylic acids is 17. The molecule has 110 heavy (non-hydrogen) atoms. The third kappa shape index (κ3) is 41.8. The number of thiol groups is 1. The number of phenolic OH excluding ortho intramolecular Hbond substituents is 1. The van der Waals surface area contributed by atoms with E-state index < -0.39 is 225 Å². The number of thioether (sulfide) groups is 2. The highest BCUT2D eigenvalue weighted by atomic mass is 32.2. The molecule has 0 saturated carbocycles. The molecule has 9 atom stereocenters. The summed E-state index contributed by atoms with van der Waals surface area (Å²) in [6.45, 7) is -3.84. The number of amides is 17. The number of phenols is 1. The number of carboxylic acid groups (broad SMARTS) is 1. The van der Waals surface area contributed by atoms with Gasteiger partial charge in [-0.05, 0) is 140 Å². The molecule has 0 unspecified atom stereocenters. The molecule has 2 rings (SSSR count). The molecule has 1 aliphatic heterocycles. The Morgan fingerprint density at radius 1 is 0.482 bits per heavy atom. The Hall–Kier alpha value is -9.67. The Morgan fingerprint density at radius 2 is 0.909 bits per heavy atom. The number of aromatic hydroxyl groups is 1. The van der Waals surface area contributed by atoms with Crippen molar-refractivity contribution in [3.8, 4) is 5.75 Å². The Labute approximate surface area is 649 Å². The summed E-state index contributed by atoms with van der Waals surface area (Å²) in [7, 11) is 0. The maximum atomic E-state index is 13.9. The van der Waals surface area contributed by atoms with Crippen molar-refractivity contribution in [3.63, 3.8) is 0 Å². The van der Waals surface area contributed by atoms with Gasteiger partial charge in [-0.2, -0.15) is 24.4 Å². The topological polar surface area (TPSA) is 696 Å². The van der Waals surface area contributed by atoms with E-state index in [9.17, 15) is 96.5 Å². The predicted octanol–water partition coefficient (Wildman–Crippen LogP) is -10.7. The van der Waals surface area contributed by atoms with Crippen molar-refractivity contribution in [2.75, 3.05) is 107 Å². The van der Waals surface area contributed by atoms with Crippen molar-refractivity contribution >= 4 is 143 Å². The largest absolute Gasteiger partial charge is 0.508 e. The molecule has 1 saturated heterocycles. The fourth-order valence-electron chi connectivity index (χ4n) is 9.99. The fraction of sp³-hybridized carbons (Fsp3) is 0.631. The number of primary amides is 1. The lowest BCUT2D eigenvalue weighted by molar-refractivity contribution is -0.141. The Kier molecular flexibility index (Phi) is 48.8. The summed E-state index contributed by atoms with van der Waals surface area (Å²) in [6.07, 6.45) is 2.41. The van der Waals surface area contributed by atoms with Gasteiger partial charge in [0, 0.05) is 23.7 Å². The van der Waals surface area contributed by atoms with Crippen LogP contribution in [0.3, 0.4) is 0 Å². The number of rotatable bonds is 49. The minimum Gasteiger partial charge on any atom is -0.508 e. The van der Waals surface area contributed by atoms with E-state index in [0.29, 0.717) is 69.2 Å². The molecule has 0 radical (unpaired) electrons. The van der Waals surface area contributed by atoms with Crippen LogP contribution in [-0.2, 0) is 92.7 Å². The Morgan fingerprint density at radius 3 is 1.38 bits per heavy atom. The maximum absolute atomic E-state index is 13.9. The first-order valence-electron chi connectivity index (χ1n) is 35.6. The number of nitrogens with one attached hydrogen (secondary N) is 16. The van der Waals surface area contributed by atoms with Crippen LogP contribution >= 0.6 is 36.2 Å². The molecule has 1 aliphatic rings. The number of benzene rings is 1. The number of unbranched alkanes of at least 4 members (excludes halogenated alkanes) is 4. The summed E-state index contributed by atoms with van der Waals surface area (Å²) in [6, 6.07) is -6.76. The molecule has 0 aliphatic carbocycles. The second-order valence-corrected chi connectivity index (χ2v) is 27.5. The molecule has 45 heteroatoms. The predicted molar refractivity (Wildman–Crippen MR) is 405 cm³/mol. The van der Waals surface area contributed by atoms with Gasteiger partial charge in [0.2, 0.25) is 100 Å². The molecule has 17 amide bonds. The number of hydrogen-bond acceptors (Lipinski definition) is 27. The van der Waals surface area contributed by atoms with Crippen LogP contribution in [0.4, 0.5) is 0 Å². The van der Waals surface area contributed by atoms with Crippen molar-refractivity contribution in [1.82, 2.24) is 85.1 Å². The normalized spacial score (nSPS) is 17.0. The molecule has 0 spiro atoms. The highest BCUT2D eigenvalue weighted by Gasteiger charge is 2.34. The molecule has 0 bridgehead atoms. The van der Waals surface area contributed by atoms with E-state index in [1.807, 2.05) is 0 Å². The fourth-order valence-corrected chi connectivity index (χ4v) is 12.1. The molecule has 30 N–H and O–H groups in total. The highest BCUT2D eigenvalue weighted by Crippen LogP contribution is 2.15. The average Bonchev–Trinajstić information content (AvgIpc) is 0.872. The van der Waals surface area contributed by atoms with Gasteiger partial charge in [0.25, 0.3) is 0 Å². The van der Waals surface area contributed by atoms with Crippen molar-refractivity contribution in [2.45, 2.75) is 151 Å². The zero-order valence-corrected chi connectivity index (χ0v) is 63.6. The molecule has 1 fully saturated rings. The van der Waals surface area contributed by atoms with Crippen LogP contribution in [0.25, 0.3) is 0 Å². The first kappa shape index (κ1) is 96.4. The summed E-state index contributed by atoms with van der Waals surface area (Å²) in [4.78, 5) is 238. The van der Waals surface area contributed by atoms with Crippen molar-refractivity contribution in [2.24, 2.45) is 34.4 Å². The van der Waals surface area contributed by atoms with E-state index in [0.717, 1.165) is 11.8 Å². The van der Waals surface area contributed by atoms with Crippen LogP contribution in [0.1, 0.15) is 95.5 Å². The molecule has 42 nitrogen and oxygen atoms in total. The number of hydrogen-bond donors (Lipinski definition) is 25. The monoisotopic (exact) mass is 1610 g/mol. The second kappa shape index (κ2) is 55.7. The van der Waals surface area contributed by atoms with Crippen LogP contribution in [0.2, 0.25) is 0 Å². The highest BCUT2D eigenvalue weighted by molar-refractivity contribution is 8.00. The van der Waals surface area contributed by atoms with Gasteiger partial charge in [-0.1, -0.05) is 12.1 Å². The van der Waals surface area contributed by atoms with E-state index in [-0.39, 0.29) is 82.0 Å². The summed E-state index contributed by atoms with van der Waals surface area (Å²) in [5.74, 6) is -17.4. The molecular formula is C65H108N22O20S3. The molecular weight excluding hydrogens is 1510 g/mol. The zero-order valence-electron chi connectivity index (χ0n) is 61.1. The van der Waals surface area contributed by atoms with E-state index in [4.69, 9.17) is 34.4 Å². The zero-order chi connectivity index (χ0) is 81.9. The lowest BCUT2D eigenvalue weighted by Crippen LogP contribution is -2.58. The van der Waals surface area contributed by atoms with Gasteiger partial charge in [-0.25, -0.2) is 0 Å². The standard InChI is InChI=1S/C65H108N22O20S3/c66-18-5-1-10-39(57(99)75-29-51(92)80-40(11-2-6-19-67)58(100)76-30-52(93)81-42(13-4-8-21-69)63(105)85-41(12-3-7-20-68)59(101)77-32-54(95)84-45(33-108)60(102)73-26-48(71)89)79-50(91)28-72-49(90)27-74-62(104)47-35-110-36-55(96)83-43(24-37-14-16-38(88)17-15-37)64(106)86-46(34-109-23-9-22-70)61(103)78-31-53(94)82-44(25-56(97)98)65(107)87-47/h14-17,39-47,88,108H,1-13,18-36,66-70H2,(H2,71,89)(H,72,90)(H,73,102)(H,74,104)(H,75,99)(H,76,100)(H,77,101)(H,78,103)(H,79,91)(H,80,92)(H,81,93)(H,82,94)(H,83,96)(H,84,95)(H,85,105)(H,86,106)(H,87,107)(H,97,98)/t39-,40-,41-,42-,43-,44+,45-,46+,47+/m0/s1. The van der Waals surface area contributed by atoms with Gasteiger partial charge in [-0.15, -0.1) is 11.8 Å². The van der Waals surface area contributed by atoms with Gasteiger partial charge >= 0.3 is 5.97 Å². The second-order valence-electron chi connectivity index (χ2n) is 25.0. The third-order valence-corrected chi connectivity index (χ3v) is 18.4. The van der Waals surface area contributed by atoms with E-state index >= 15 is 0 Å².